The second-order valence-electron chi connectivity index (χ2n) is 10.9. The van der Waals surface area contributed by atoms with Gasteiger partial charge in [-0.2, -0.15) is 5.10 Å². The van der Waals surface area contributed by atoms with E-state index in [9.17, 15) is 0 Å². The van der Waals surface area contributed by atoms with Crippen molar-refractivity contribution in [2.45, 2.75) is 73.6 Å². The maximum atomic E-state index is 4.97. The molecule has 1 fully saturated rings. The number of rotatable bonds is 5. The molecule has 0 unspecified atom stereocenters. The van der Waals surface area contributed by atoms with Crippen molar-refractivity contribution in [3.8, 4) is 11.3 Å². The minimum absolute atomic E-state index is 0.376. The van der Waals surface area contributed by atoms with Crippen LogP contribution in [0.25, 0.3) is 27.8 Å². The zero-order chi connectivity index (χ0) is 24.1. The van der Waals surface area contributed by atoms with Crippen molar-refractivity contribution < 1.29 is 0 Å². The van der Waals surface area contributed by atoms with E-state index in [1.165, 1.54) is 58.2 Å². The number of nitrogens with one attached hydrogen (secondary N) is 1. The van der Waals surface area contributed by atoms with Gasteiger partial charge in [-0.05, 0) is 74.5 Å². The van der Waals surface area contributed by atoms with Crippen molar-refractivity contribution in [2.75, 3.05) is 18.0 Å². The topological polar surface area (TPSA) is 62.1 Å². The molecule has 4 aromatic rings. The van der Waals surface area contributed by atoms with Gasteiger partial charge in [-0.3, -0.25) is 0 Å². The molecule has 5 rings (SSSR count). The van der Waals surface area contributed by atoms with Crippen LogP contribution in [0.15, 0.2) is 18.7 Å². The molecule has 0 bridgehead atoms. The van der Waals surface area contributed by atoms with Crippen LogP contribution < -0.4 is 4.90 Å². The van der Waals surface area contributed by atoms with E-state index < -0.39 is 0 Å². The molecular weight excluding hydrogens is 420 g/mol. The number of hydrogen-bond donors (Lipinski definition) is 1. The lowest BCUT2D eigenvalue weighted by atomic mass is 9.88. The van der Waals surface area contributed by atoms with Gasteiger partial charge in [0.15, 0.2) is 5.65 Å². The fourth-order valence-corrected chi connectivity index (χ4v) is 5.98. The number of aryl methyl sites for hydroxylation is 2. The first-order valence-electron chi connectivity index (χ1n) is 12.8. The van der Waals surface area contributed by atoms with Crippen molar-refractivity contribution >= 4 is 22.4 Å². The van der Waals surface area contributed by atoms with E-state index in [-0.39, 0.29) is 0 Å². The Bertz CT molecular complexity index is 1330. The average molecular weight is 459 g/mol. The highest BCUT2D eigenvalue weighted by molar-refractivity contribution is 5.96. The first-order chi connectivity index (χ1) is 16.3. The predicted octanol–water partition coefficient (Wildman–Crippen LogP) is 6.58. The minimum atomic E-state index is 0.376. The minimum Gasteiger partial charge on any atom is -0.356 e. The molecule has 180 valence electrons. The molecule has 1 N–H and O–H groups in total. The number of H-pyrrole nitrogens is 1. The van der Waals surface area contributed by atoms with Gasteiger partial charge in [-0.25, -0.2) is 14.5 Å². The lowest BCUT2D eigenvalue weighted by Gasteiger charge is -2.34. The molecule has 6 heteroatoms. The quantitative estimate of drug-likeness (QED) is 0.367. The Labute approximate surface area is 202 Å². The fourth-order valence-electron chi connectivity index (χ4n) is 5.98. The molecule has 0 radical (unpaired) electrons. The molecule has 0 atom stereocenters. The van der Waals surface area contributed by atoms with Gasteiger partial charge in [0.2, 0.25) is 0 Å². The van der Waals surface area contributed by atoms with E-state index in [0.29, 0.717) is 5.92 Å². The SMILES string of the molecule is Cc1c(-c2[nH]c3cnc(N4CCC(CC(C)C)CC4)c(C)c3c2C(C)C)cn2ncnc2c1C. The number of fused-ring (bicyclic) bond motifs is 2. The van der Waals surface area contributed by atoms with Crippen LogP contribution in [0.5, 0.6) is 0 Å². The fraction of sp³-hybridized carbons (Fsp3) is 0.536. The number of pyridine rings is 2. The van der Waals surface area contributed by atoms with Crippen molar-refractivity contribution in [1.29, 1.82) is 0 Å². The molecule has 0 saturated carbocycles. The summed E-state index contributed by atoms with van der Waals surface area (Å²) in [6.07, 6.45) is 9.66. The third-order valence-electron chi connectivity index (χ3n) is 7.79. The molecule has 4 aromatic heterocycles. The van der Waals surface area contributed by atoms with E-state index >= 15 is 0 Å². The zero-order valence-corrected chi connectivity index (χ0v) is 21.7. The highest BCUT2D eigenvalue weighted by Crippen LogP contribution is 2.41. The molecule has 1 saturated heterocycles. The van der Waals surface area contributed by atoms with Crippen LogP contribution in [0.4, 0.5) is 5.82 Å². The Hall–Kier alpha value is -2.89. The number of anilines is 1. The summed E-state index contributed by atoms with van der Waals surface area (Å²) >= 11 is 0. The van der Waals surface area contributed by atoms with E-state index in [0.717, 1.165) is 41.9 Å². The summed E-state index contributed by atoms with van der Waals surface area (Å²) in [7, 11) is 0. The zero-order valence-electron chi connectivity index (χ0n) is 21.7. The van der Waals surface area contributed by atoms with Crippen LogP contribution in [-0.4, -0.2) is 37.7 Å². The number of nitrogens with zero attached hydrogens (tertiary/aromatic N) is 5. The second-order valence-corrected chi connectivity index (χ2v) is 10.9. The molecule has 0 amide bonds. The van der Waals surface area contributed by atoms with Crippen molar-refractivity contribution in [2.24, 2.45) is 11.8 Å². The van der Waals surface area contributed by atoms with Gasteiger partial charge in [0.25, 0.3) is 0 Å². The molecule has 6 nitrogen and oxygen atoms in total. The summed E-state index contributed by atoms with van der Waals surface area (Å²) in [5.41, 5.74) is 9.48. The Balaban J connectivity index is 1.60. The normalized spacial score (nSPS) is 15.5. The van der Waals surface area contributed by atoms with Gasteiger partial charge in [0.05, 0.1) is 17.4 Å². The lowest BCUT2D eigenvalue weighted by Crippen LogP contribution is -2.35. The smallest absolute Gasteiger partial charge is 0.158 e. The van der Waals surface area contributed by atoms with Crippen LogP contribution in [0.3, 0.4) is 0 Å². The predicted molar refractivity (Wildman–Crippen MR) is 141 cm³/mol. The van der Waals surface area contributed by atoms with Crippen LogP contribution in [-0.2, 0) is 0 Å². The molecule has 0 aromatic carbocycles. The molecule has 1 aliphatic rings. The molecule has 0 spiro atoms. The highest BCUT2D eigenvalue weighted by Gasteiger charge is 2.26. The Morgan fingerprint density at radius 1 is 1.00 bits per heavy atom. The van der Waals surface area contributed by atoms with Crippen molar-refractivity contribution in [1.82, 2.24) is 24.6 Å². The third kappa shape index (κ3) is 3.77. The summed E-state index contributed by atoms with van der Waals surface area (Å²) in [6, 6.07) is 0. The van der Waals surface area contributed by atoms with Crippen molar-refractivity contribution in [3.05, 3.63) is 41.0 Å². The molecule has 1 aliphatic heterocycles. The van der Waals surface area contributed by atoms with E-state index in [1.807, 2.05) is 10.7 Å². The van der Waals surface area contributed by atoms with Gasteiger partial charge in [-0.1, -0.05) is 27.7 Å². The maximum absolute atomic E-state index is 4.97. The Kier molecular flexibility index (Phi) is 5.86. The summed E-state index contributed by atoms with van der Waals surface area (Å²) in [6.45, 7) is 18.0. The van der Waals surface area contributed by atoms with Gasteiger partial charge < -0.3 is 9.88 Å². The Morgan fingerprint density at radius 2 is 1.74 bits per heavy atom. The average Bonchev–Trinajstić information content (AvgIpc) is 3.42. The van der Waals surface area contributed by atoms with E-state index in [2.05, 4.69) is 74.6 Å². The first-order valence-corrected chi connectivity index (χ1v) is 12.8. The standard InChI is InChI=1S/C28H38N6/c1-16(2)12-21-8-10-33(11-9-21)27-20(7)25-23(13-29-27)32-26(24(25)17(3)4)22-14-34-28(30-15-31-34)19(6)18(22)5/h13-17,21,32H,8-12H2,1-7H3. The molecule has 5 heterocycles. The number of aromatic amines is 1. The number of aromatic nitrogens is 5. The maximum Gasteiger partial charge on any atom is 0.158 e. The molecule has 0 aliphatic carbocycles. The third-order valence-corrected chi connectivity index (χ3v) is 7.79. The number of hydrogen-bond acceptors (Lipinski definition) is 4. The van der Waals surface area contributed by atoms with Gasteiger partial charge in [-0.15, -0.1) is 0 Å². The number of piperidine rings is 1. The van der Waals surface area contributed by atoms with Gasteiger partial charge >= 0.3 is 0 Å². The van der Waals surface area contributed by atoms with E-state index in [1.54, 1.807) is 6.33 Å². The summed E-state index contributed by atoms with van der Waals surface area (Å²) < 4.78 is 1.89. The van der Waals surface area contributed by atoms with Crippen LogP contribution >= 0.6 is 0 Å². The van der Waals surface area contributed by atoms with Crippen LogP contribution in [0.1, 0.15) is 75.1 Å². The second kappa shape index (κ2) is 8.71. The van der Waals surface area contributed by atoms with Crippen LogP contribution in [0.2, 0.25) is 0 Å². The summed E-state index contributed by atoms with van der Waals surface area (Å²) in [4.78, 5) is 15.7. The van der Waals surface area contributed by atoms with E-state index in [4.69, 9.17) is 4.98 Å². The molecular formula is C28H38N6. The largest absolute Gasteiger partial charge is 0.356 e. The Morgan fingerprint density at radius 3 is 2.41 bits per heavy atom. The first kappa shape index (κ1) is 22.9. The molecule has 34 heavy (non-hydrogen) atoms. The highest BCUT2D eigenvalue weighted by atomic mass is 15.3. The lowest BCUT2D eigenvalue weighted by molar-refractivity contribution is 0.337. The summed E-state index contributed by atoms with van der Waals surface area (Å²) in [5.74, 6) is 3.16. The van der Waals surface area contributed by atoms with Gasteiger partial charge in [0.1, 0.15) is 12.1 Å². The van der Waals surface area contributed by atoms with Gasteiger partial charge in [0, 0.05) is 35.8 Å². The van der Waals surface area contributed by atoms with Crippen LogP contribution in [0, 0.1) is 32.6 Å². The summed E-state index contributed by atoms with van der Waals surface area (Å²) in [5, 5.41) is 5.75. The van der Waals surface area contributed by atoms with Crippen molar-refractivity contribution in [3.63, 3.8) is 0 Å². The monoisotopic (exact) mass is 458 g/mol.